The summed E-state index contributed by atoms with van der Waals surface area (Å²) in [5, 5.41) is 6.59. The number of rotatable bonds is 7. The second kappa shape index (κ2) is 8.98. The Labute approximate surface area is 138 Å². The van der Waals surface area contributed by atoms with Gasteiger partial charge in [-0.3, -0.25) is 4.99 Å². The van der Waals surface area contributed by atoms with Gasteiger partial charge in [-0.05, 0) is 26.3 Å². The number of benzene rings is 1. The largest absolute Gasteiger partial charge is 0.357 e. The van der Waals surface area contributed by atoms with Crippen molar-refractivity contribution >= 4 is 5.96 Å². The molecule has 0 amide bonds. The van der Waals surface area contributed by atoms with Crippen molar-refractivity contribution in [2.75, 3.05) is 13.1 Å². The molecule has 2 aromatic rings. The predicted molar refractivity (Wildman–Crippen MR) is 95.7 cm³/mol. The quantitative estimate of drug-likeness (QED) is 0.610. The third-order valence-corrected chi connectivity index (χ3v) is 3.37. The van der Waals surface area contributed by atoms with Crippen LogP contribution in [0.2, 0.25) is 0 Å². The lowest BCUT2D eigenvalue weighted by molar-refractivity contribution is 0.690. The van der Waals surface area contributed by atoms with Crippen LogP contribution in [0.1, 0.15) is 32.2 Å². The molecular weight excluding hydrogens is 286 g/mol. The van der Waals surface area contributed by atoms with Gasteiger partial charge in [-0.25, -0.2) is 4.98 Å². The molecule has 0 spiro atoms. The van der Waals surface area contributed by atoms with Crippen molar-refractivity contribution in [2.24, 2.45) is 4.99 Å². The first-order valence-corrected chi connectivity index (χ1v) is 8.27. The van der Waals surface area contributed by atoms with E-state index in [0.29, 0.717) is 12.6 Å². The van der Waals surface area contributed by atoms with Crippen molar-refractivity contribution in [2.45, 2.75) is 39.8 Å². The smallest absolute Gasteiger partial charge is 0.191 e. The average Bonchev–Trinajstić information content (AvgIpc) is 2.95. The molecule has 1 aromatic carbocycles. The lowest BCUT2D eigenvalue weighted by Crippen LogP contribution is -2.41. The number of aromatic nitrogens is 2. The van der Waals surface area contributed by atoms with Crippen LogP contribution in [0.25, 0.3) is 0 Å². The van der Waals surface area contributed by atoms with E-state index in [1.54, 1.807) is 0 Å². The van der Waals surface area contributed by atoms with Crippen LogP contribution in [0, 0.1) is 0 Å². The zero-order valence-electron chi connectivity index (χ0n) is 14.3. The van der Waals surface area contributed by atoms with Crippen LogP contribution in [0.5, 0.6) is 0 Å². The summed E-state index contributed by atoms with van der Waals surface area (Å²) in [5.74, 6) is 1.93. The van der Waals surface area contributed by atoms with E-state index in [1.807, 2.05) is 18.5 Å². The summed E-state index contributed by atoms with van der Waals surface area (Å²) in [6.07, 6.45) is 4.72. The van der Waals surface area contributed by atoms with Gasteiger partial charge < -0.3 is 15.2 Å². The van der Waals surface area contributed by atoms with Crippen molar-refractivity contribution in [1.82, 2.24) is 20.2 Å². The van der Waals surface area contributed by atoms with Crippen molar-refractivity contribution < 1.29 is 0 Å². The molecule has 0 saturated carbocycles. The Morgan fingerprint density at radius 2 is 2.04 bits per heavy atom. The summed E-state index contributed by atoms with van der Waals surface area (Å²) in [6.45, 7) is 8.72. The monoisotopic (exact) mass is 313 g/mol. The van der Waals surface area contributed by atoms with Crippen LogP contribution >= 0.6 is 0 Å². The normalized spacial score (nSPS) is 11.7. The molecule has 0 saturated heterocycles. The summed E-state index contributed by atoms with van der Waals surface area (Å²) >= 11 is 0. The minimum atomic E-state index is 0.368. The molecule has 0 unspecified atom stereocenters. The fourth-order valence-corrected chi connectivity index (χ4v) is 2.35. The van der Waals surface area contributed by atoms with Crippen LogP contribution < -0.4 is 10.6 Å². The van der Waals surface area contributed by atoms with E-state index in [4.69, 9.17) is 0 Å². The average molecular weight is 313 g/mol. The first kappa shape index (κ1) is 17.1. The second-order valence-corrected chi connectivity index (χ2v) is 5.77. The number of nitrogens with zero attached hydrogens (tertiary/aromatic N) is 3. The summed E-state index contributed by atoms with van der Waals surface area (Å²) in [6, 6.07) is 10.8. The SMILES string of the molecule is CCNC(=NCCc1nccn1Cc1ccccc1)NC(C)C. The van der Waals surface area contributed by atoms with E-state index in [0.717, 1.165) is 31.3 Å². The molecule has 0 aliphatic rings. The van der Waals surface area contributed by atoms with Gasteiger partial charge in [-0.1, -0.05) is 30.3 Å². The molecule has 1 heterocycles. The van der Waals surface area contributed by atoms with Crippen molar-refractivity contribution in [3.63, 3.8) is 0 Å². The van der Waals surface area contributed by atoms with E-state index < -0.39 is 0 Å². The van der Waals surface area contributed by atoms with Gasteiger partial charge in [0.1, 0.15) is 5.82 Å². The van der Waals surface area contributed by atoms with Gasteiger partial charge >= 0.3 is 0 Å². The van der Waals surface area contributed by atoms with Gasteiger partial charge in [0, 0.05) is 44.5 Å². The van der Waals surface area contributed by atoms with Crippen LogP contribution in [0.3, 0.4) is 0 Å². The molecule has 0 fully saturated rings. The van der Waals surface area contributed by atoms with Crippen molar-refractivity contribution in [3.05, 3.63) is 54.1 Å². The number of hydrogen-bond donors (Lipinski definition) is 2. The van der Waals surface area contributed by atoms with Gasteiger partial charge in [-0.2, -0.15) is 0 Å². The van der Waals surface area contributed by atoms with Gasteiger partial charge in [-0.15, -0.1) is 0 Å². The topological polar surface area (TPSA) is 54.2 Å². The van der Waals surface area contributed by atoms with Gasteiger partial charge in [0.25, 0.3) is 0 Å². The van der Waals surface area contributed by atoms with Crippen LogP contribution in [0.4, 0.5) is 0 Å². The first-order valence-electron chi connectivity index (χ1n) is 8.27. The molecule has 1 aromatic heterocycles. The van der Waals surface area contributed by atoms with Gasteiger partial charge in [0.05, 0.1) is 0 Å². The minimum Gasteiger partial charge on any atom is -0.357 e. The number of hydrogen-bond acceptors (Lipinski definition) is 2. The molecule has 2 N–H and O–H groups in total. The number of imidazole rings is 1. The number of guanidine groups is 1. The summed E-state index contributed by atoms with van der Waals surface area (Å²) < 4.78 is 2.19. The maximum atomic E-state index is 4.62. The molecule has 0 bridgehead atoms. The summed E-state index contributed by atoms with van der Waals surface area (Å²) in [4.78, 5) is 9.09. The van der Waals surface area contributed by atoms with E-state index >= 15 is 0 Å². The summed E-state index contributed by atoms with van der Waals surface area (Å²) in [5.41, 5.74) is 1.28. The molecule has 5 heteroatoms. The minimum absolute atomic E-state index is 0.368. The van der Waals surface area contributed by atoms with E-state index in [2.05, 4.69) is 70.2 Å². The summed E-state index contributed by atoms with van der Waals surface area (Å²) in [7, 11) is 0. The Balaban J connectivity index is 1.94. The van der Waals surface area contributed by atoms with E-state index in [9.17, 15) is 0 Å². The zero-order chi connectivity index (χ0) is 16.5. The molecular formula is C18H27N5. The standard InChI is InChI=1S/C18H27N5/c1-4-19-18(22-15(2)3)21-11-10-17-20-12-13-23(17)14-16-8-6-5-7-9-16/h5-9,12-13,15H,4,10-11,14H2,1-3H3,(H2,19,21,22). The molecule has 0 atom stereocenters. The number of nitrogens with one attached hydrogen (secondary N) is 2. The fourth-order valence-electron chi connectivity index (χ4n) is 2.35. The third kappa shape index (κ3) is 5.77. The van der Waals surface area contributed by atoms with E-state index in [-0.39, 0.29) is 0 Å². The Morgan fingerprint density at radius 1 is 1.26 bits per heavy atom. The zero-order valence-corrected chi connectivity index (χ0v) is 14.3. The Bertz CT molecular complexity index is 601. The van der Waals surface area contributed by atoms with Crippen molar-refractivity contribution in [1.29, 1.82) is 0 Å². The first-order chi connectivity index (χ1) is 11.2. The highest BCUT2D eigenvalue weighted by atomic mass is 15.2. The molecule has 0 aliphatic carbocycles. The molecule has 0 aliphatic heterocycles. The third-order valence-electron chi connectivity index (χ3n) is 3.37. The van der Waals surface area contributed by atoms with Crippen LogP contribution in [-0.4, -0.2) is 34.6 Å². The van der Waals surface area contributed by atoms with Crippen LogP contribution in [-0.2, 0) is 13.0 Å². The van der Waals surface area contributed by atoms with Crippen LogP contribution in [0.15, 0.2) is 47.7 Å². The lowest BCUT2D eigenvalue weighted by atomic mass is 10.2. The molecule has 2 rings (SSSR count). The molecule has 23 heavy (non-hydrogen) atoms. The highest BCUT2D eigenvalue weighted by Gasteiger charge is 2.04. The molecule has 5 nitrogen and oxygen atoms in total. The Morgan fingerprint density at radius 3 is 2.74 bits per heavy atom. The van der Waals surface area contributed by atoms with Gasteiger partial charge in [0.15, 0.2) is 5.96 Å². The molecule has 124 valence electrons. The maximum absolute atomic E-state index is 4.62. The molecule has 0 radical (unpaired) electrons. The number of aliphatic imine (C=N–C) groups is 1. The Hall–Kier alpha value is -2.30. The van der Waals surface area contributed by atoms with E-state index in [1.165, 1.54) is 5.56 Å². The van der Waals surface area contributed by atoms with Gasteiger partial charge in [0.2, 0.25) is 0 Å². The predicted octanol–water partition coefficient (Wildman–Crippen LogP) is 2.44. The van der Waals surface area contributed by atoms with Crippen molar-refractivity contribution in [3.8, 4) is 0 Å². The highest BCUT2D eigenvalue weighted by Crippen LogP contribution is 2.06. The highest BCUT2D eigenvalue weighted by molar-refractivity contribution is 5.79. The maximum Gasteiger partial charge on any atom is 0.191 e. The fraction of sp³-hybridized carbons (Fsp3) is 0.444. The Kier molecular flexibility index (Phi) is 6.66. The lowest BCUT2D eigenvalue weighted by Gasteiger charge is -2.14. The second-order valence-electron chi connectivity index (χ2n) is 5.77.